The van der Waals surface area contributed by atoms with Crippen LogP contribution in [0.5, 0.6) is 11.6 Å². The van der Waals surface area contributed by atoms with Crippen LogP contribution in [0.3, 0.4) is 0 Å². The van der Waals surface area contributed by atoms with Gasteiger partial charge >= 0.3 is 6.03 Å². The van der Waals surface area contributed by atoms with Gasteiger partial charge in [-0.05, 0) is 75.8 Å². The number of aryl methyl sites for hydroxylation is 1. The summed E-state index contributed by atoms with van der Waals surface area (Å²) in [4.78, 5) is 36.1. The van der Waals surface area contributed by atoms with Crippen molar-refractivity contribution < 1.29 is 19.1 Å². The second-order valence-corrected chi connectivity index (χ2v) is 11.6. The number of amides is 3. The minimum atomic E-state index is -0.469. The van der Waals surface area contributed by atoms with E-state index < -0.39 is 5.91 Å². The normalized spacial score (nSPS) is 18.5. The topological polar surface area (TPSA) is 101 Å². The molecule has 2 N–H and O–H groups in total. The third-order valence-corrected chi connectivity index (χ3v) is 8.54. The van der Waals surface area contributed by atoms with Gasteiger partial charge in [0, 0.05) is 68.8 Å². The number of allylic oxidation sites excluding steroid dienone is 1. The lowest BCUT2D eigenvalue weighted by Crippen LogP contribution is -2.50. The first-order valence-corrected chi connectivity index (χ1v) is 17.4. The summed E-state index contributed by atoms with van der Waals surface area (Å²) in [6.45, 7) is 26.7. The Balaban J connectivity index is 0.000000878. The summed E-state index contributed by atoms with van der Waals surface area (Å²) < 4.78 is 11.4. The molecule has 3 aliphatic rings. The smallest absolute Gasteiger partial charge is 0.321 e. The number of pyridine rings is 1. The number of ether oxygens (including phenoxy) is 2. The SMILES string of the molecule is C=C(C)C1CN(C2CCOCC2)C(=O)N1C1CCN(Cc2ccc(Oc3ccc(C(N)=O)cc3)nc2C)CC1.C=CCC.CC.CC. The standard InChI is InChI=1S/C30H39N5O4.C4H8.2C2H6/c1-20(2)27-19-34(24-12-16-38-17-13-24)30(37)35(27)25-10-14-33(15-11-25)18-23-6-9-28(32-21(23)3)39-26-7-4-22(5-8-26)29(31)36;1-3-4-2;2*1-2/h4-9,24-25,27H,1,10-19H2,2-3H3,(H2,31,36);3H,1,4H2,2H3;2*1-2H3. The number of carbonyl (C=O) groups excluding carboxylic acids is 2. The van der Waals surface area contributed by atoms with E-state index in [0.29, 0.717) is 17.2 Å². The van der Waals surface area contributed by atoms with E-state index in [0.717, 1.165) is 88.3 Å². The van der Waals surface area contributed by atoms with Crippen LogP contribution in [0.4, 0.5) is 4.79 Å². The van der Waals surface area contributed by atoms with Crippen molar-refractivity contribution >= 4 is 11.9 Å². The van der Waals surface area contributed by atoms with Crippen LogP contribution < -0.4 is 10.5 Å². The van der Waals surface area contributed by atoms with Gasteiger partial charge in [-0.15, -0.1) is 6.58 Å². The average Bonchev–Trinajstić information content (AvgIpc) is 3.46. The predicted octanol–water partition coefficient (Wildman–Crippen LogP) is 7.74. The number of hydrogen-bond donors (Lipinski definition) is 1. The molecule has 47 heavy (non-hydrogen) atoms. The average molecular weight is 650 g/mol. The fourth-order valence-corrected chi connectivity index (χ4v) is 5.94. The molecule has 0 spiro atoms. The lowest BCUT2D eigenvalue weighted by molar-refractivity contribution is 0.0493. The maximum atomic E-state index is 13.6. The van der Waals surface area contributed by atoms with Gasteiger partial charge in [-0.2, -0.15) is 0 Å². The number of urea groups is 1. The molecule has 1 aromatic heterocycles. The molecule has 5 rings (SSSR count). The second-order valence-electron chi connectivity index (χ2n) is 11.6. The van der Waals surface area contributed by atoms with E-state index in [4.69, 9.17) is 15.2 Å². The number of carbonyl (C=O) groups is 2. The van der Waals surface area contributed by atoms with Gasteiger partial charge in [0.15, 0.2) is 0 Å². The molecule has 0 radical (unpaired) electrons. The second kappa shape index (κ2) is 20.5. The first kappa shape index (κ1) is 39.5. The first-order valence-electron chi connectivity index (χ1n) is 17.4. The van der Waals surface area contributed by atoms with Crippen molar-refractivity contribution in [3.63, 3.8) is 0 Å². The summed E-state index contributed by atoms with van der Waals surface area (Å²) in [5.41, 5.74) is 8.89. The van der Waals surface area contributed by atoms with Gasteiger partial charge in [-0.1, -0.05) is 58.9 Å². The summed E-state index contributed by atoms with van der Waals surface area (Å²) in [7, 11) is 0. The van der Waals surface area contributed by atoms with E-state index in [1.54, 1.807) is 24.3 Å². The zero-order valence-electron chi connectivity index (χ0n) is 30.0. The highest BCUT2D eigenvalue weighted by Crippen LogP contribution is 2.32. The van der Waals surface area contributed by atoms with Crippen molar-refractivity contribution in [3.8, 4) is 11.6 Å². The lowest BCUT2D eigenvalue weighted by atomic mass is 9.99. The minimum Gasteiger partial charge on any atom is -0.439 e. The van der Waals surface area contributed by atoms with Gasteiger partial charge in [0.1, 0.15) is 5.75 Å². The van der Waals surface area contributed by atoms with E-state index in [1.165, 1.54) is 0 Å². The van der Waals surface area contributed by atoms with E-state index in [1.807, 2.05) is 53.7 Å². The number of likely N-dealkylation sites (tertiary alicyclic amines) is 1. The zero-order valence-corrected chi connectivity index (χ0v) is 30.0. The number of nitrogens with two attached hydrogens (primary N) is 1. The highest BCUT2D eigenvalue weighted by molar-refractivity contribution is 5.92. The van der Waals surface area contributed by atoms with Crippen molar-refractivity contribution in [2.45, 2.75) is 105 Å². The number of hydrogen-bond acceptors (Lipinski definition) is 6. The molecule has 3 amide bonds. The molecular weight excluding hydrogens is 590 g/mol. The Labute approximate surface area is 283 Å². The van der Waals surface area contributed by atoms with E-state index >= 15 is 0 Å². The molecule has 0 saturated carbocycles. The van der Waals surface area contributed by atoms with Crippen molar-refractivity contribution in [3.05, 3.63) is 78.0 Å². The Morgan fingerprint density at radius 2 is 1.62 bits per heavy atom. The van der Waals surface area contributed by atoms with Gasteiger partial charge in [0.25, 0.3) is 0 Å². The van der Waals surface area contributed by atoms with E-state index in [9.17, 15) is 9.59 Å². The fourth-order valence-electron chi connectivity index (χ4n) is 5.94. The Morgan fingerprint density at radius 3 is 2.13 bits per heavy atom. The summed E-state index contributed by atoms with van der Waals surface area (Å²) in [5.74, 6) is 0.638. The van der Waals surface area contributed by atoms with E-state index in [2.05, 4.69) is 45.8 Å². The Hall–Kier alpha value is -3.69. The monoisotopic (exact) mass is 649 g/mol. The van der Waals surface area contributed by atoms with Gasteiger partial charge in [-0.3, -0.25) is 9.69 Å². The maximum absolute atomic E-state index is 13.6. The van der Waals surface area contributed by atoms with Crippen molar-refractivity contribution in [1.29, 1.82) is 0 Å². The van der Waals surface area contributed by atoms with Gasteiger partial charge in [-0.25, -0.2) is 9.78 Å². The molecule has 1 unspecified atom stereocenters. The number of nitrogens with zero attached hydrogens (tertiary/aromatic N) is 4. The molecule has 3 fully saturated rings. The fraction of sp³-hybridized carbons (Fsp3) is 0.553. The van der Waals surface area contributed by atoms with Crippen LogP contribution in [0.25, 0.3) is 0 Å². The van der Waals surface area contributed by atoms with Crippen LogP contribution >= 0.6 is 0 Å². The predicted molar refractivity (Wildman–Crippen MR) is 192 cm³/mol. The zero-order chi connectivity index (χ0) is 34.9. The largest absolute Gasteiger partial charge is 0.439 e. The number of aromatic nitrogens is 1. The quantitative estimate of drug-likeness (QED) is 0.279. The number of piperidine rings is 1. The van der Waals surface area contributed by atoms with Crippen molar-refractivity contribution in [1.82, 2.24) is 19.7 Å². The van der Waals surface area contributed by atoms with E-state index in [-0.39, 0.29) is 24.2 Å². The Morgan fingerprint density at radius 1 is 1.02 bits per heavy atom. The highest BCUT2D eigenvalue weighted by atomic mass is 16.5. The van der Waals surface area contributed by atoms with Crippen LogP contribution in [0.1, 0.15) is 95.3 Å². The Bertz CT molecular complexity index is 1270. The van der Waals surface area contributed by atoms with Gasteiger partial charge < -0.3 is 25.0 Å². The van der Waals surface area contributed by atoms with Crippen molar-refractivity contribution in [2.24, 2.45) is 5.73 Å². The molecule has 9 heteroatoms. The molecule has 9 nitrogen and oxygen atoms in total. The molecule has 0 aliphatic carbocycles. The molecule has 0 bridgehead atoms. The first-order chi connectivity index (χ1) is 22.7. The van der Waals surface area contributed by atoms with Crippen LogP contribution in [-0.4, -0.2) is 82.6 Å². The molecule has 1 aromatic carbocycles. The molecule has 3 saturated heterocycles. The summed E-state index contributed by atoms with van der Waals surface area (Å²) >= 11 is 0. The summed E-state index contributed by atoms with van der Waals surface area (Å²) in [6, 6.07) is 11.4. The molecule has 3 aliphatic heterocycles. The maximum Gasteiger partial charge on any atom is 0.321 e. The lowest BCUT2D eigenvalue weighted by Gasteiger charge is -2.39. The molecule has 4 heterocycles. The van der Waals surface area contributed by atoms with Gasteiger partial charge in [0.2, 0.25) is 11.8 Å². The van der Waals surface area contributed by atoms with Crippen LogP contribution in [-0.2, 0) is 11.3 Å². The third kappa shape index (κ3) is 11.2. The summed E-state index contributed by atoms with van der Waals surface area (Å²) in [6.07, 6.45) is 6.69. The van der Waals surface area contributed by atoms with Crippen LogP contribution in [0.15, 0.2) is 61.2 Å². The van der Waals surface area contributed by atoms with Crippen molar-refractivity contribution in [2.75, 3.05) is 32.8 Å². The summed E-state index contributed by atoms with van der Waals surface area (Å²) in [5, 5.41) is 0. The third-order valence-electron chi connectivity index (χ3n) is 8.54. The number of benzene rings is 1. The molecular formula is C38H59N5O4. The number of primary amides is 1. The minimum absolute atomic E-state index is 0.0860. The highest BCUT2D eigenvalue weighted by Gasteiger charge is 2.44. The molecule has 260 valence electrons. The molecule has 2 aromatic rings. The van der Waals surface area contributed by atoms with Gasteiger partial charge in [0.05, 0.1) is 6.04 Å². The molecule has 1 atom stereocenters. The number of rotatable bonds is 9. The van der Waals surface area contributed by atoms with Crippen LogP contribution in [0.2, 0.25) is 0 Å². The Kier molecular flexibility index (Phi) is 17.2. The van der Waals surface area contributed by atoms with Crippen LogP contribution in [0, 0.1) is 6.92 Å².